The molecular formula is C16H20N2O2. The van der Waals surface area contributed by atoms with E-state index in [4.69, 9.17) is 0 Å². The molecule has 0 heterocycles. The molecule has 0 spiro atoms. The first-order valence-electron chi connectivity index (χ1n) is 6.68. The molecule has 20 heavy (non-hydrogen) atoms. The molecule has 4 nitrogen and oxygen atoms in total. The molecule has 2 rings (SSSR count). The predicted molar refractivity (Wildman–Crippen MR) is 78.8 cm³/mol. The number of hydrogen-bond acceptors (Lipinski definition) is 2. The van der Waals surface area contributed by atoms with Gasteiger partial charge in [-0.1, -0.05) is 45.1 Å². The van der Waals surface area contributed by atoms with Gasteiger partial charge in [0.05, 0.1) is 0 Å². The van der Waals surface area contributed by atoms with Gasteiger partial charge in [-0.3, -0.25) is 9.59 Å². The number of amides is 2. The SMILES string of the molecule is CNC(=O)[C@@H](NC(=O)C1=CC=C2C=CC=C21)C(C)(C)C. The van der Waals surface area contributed by atoms with Gasteiger partial charge < -0.3 is 10.6 Å². The third kappa shape index (κ3) is 2.59. The summed E-state index contributed by atoms with van der Waals surface area (Å²) in [6.07, 6.45) is 9.50. The van der Waals surface area contributed by atoms with E-state index in [1.54, 1.807) is 13.1 Å². The molecule has 0 aromatic heterocycles. The summed E-state index contributed by atoms with van der Waals surface area (Å²) in [5.74, 6) is -0.397. The van der Waals surface area contributed by atoms with Crippen LogP contribution in [0, 0.1) is 5.41 Å². The zero-order valence-electron chi connectivity index (χ0n) is 12.3. The summed E-state index contributed by atoms with van der Waals surface area (Å²) in [4.78, 5) is 24.4. The van der Waals surface area contributed by atoms with Crippen molar-refractivity contribution in [3.8, 4) is 0 Å². The van der Waals surface area contributed by atoms with Crippen LogP contribution in [0.1, 0.15) is 20.8 Å². The molecule has 2 N–H and O–H groups in total. The van der Waals surface area contributed by atoms with Crippen molar-refractivity contribution >= 4 is 11.8 Å². The predicted octanol–water partition coefficient (Wildman–Crippen LogP) is 1.63. The van der Waals surface area contributed by atoms with Crippen LogP contribution in [0.25, 0.3) is 0 Å². The molecule has 0 saturated heterocycles. The van der Waals surface area contributed by atoms with Crippen molar-refractivity contribution in [1.82, 2.24) is 10.6 Å². The summed E-state index contributed by atoms with van der Waals surface area (Å²) in [5.41, 5.74) is 2.23. The number of carbonyl (C=O) groups is 2. The maximum atomic E-state index is 12.4. The smallest absolute Gasteiger partial charge is 0.252 e. The standard InChI is InChI=1S/C16H20N2O2/c1-16(2,3)13(15(20)17-4)18-14(19)12-9-8-10-6-5-7-11(10)12/h5-9,13H,1-4H3,(H,17,20)(H,18,19)/t13-/m1/s1. The molecule has 106 valence electrons. The van der Waals surface area contributed by atoms with E-state index in [9.17, 15) is 9.59 Å². The molecular weight excluding hydrogens is 252 g/mol. The van der Waals surface area contributed by atoms with Gasteiger partial charge in [0.2, 0.25) is 5.91 Å². The molecule has 0 unspecified atom stereocenters. The van der Waals surface area contributed by atoms with E-state index >= 15 is 0 Å². The number of nitrogens with one attached hydrogen (secondary N) is 2. The first kappa shape index (κ1) is 14.3. The number of fused-ring (bicyclic) bond motifs is 1. The fourth-order valence-corrected chi connectivity index (χ4v) is 2.31. The summed E-state index contributed by atoms with van der Waals surface area (Å²) in [6, 6.07) is -0.570. The van der Waals surface area contributed by atoms with Crippen molar-refractivity contribution in [2.45, 2.75) is 26.8 Å². The monoisotopic (exact) mass is 272 g/mol. The fourth-order valence-electron chi connectivity index (χ4n) is 2.31. The van der Waals surface area contributed by atoms with Gasteiger partial charge in [-0.2, -0.15) is 0 Å². The van der Waals surface area contributed by atoms with E-state index in [0.717, 1.165) is 11.1 Å². The molecule has 0 radical (unpaired) electrons. The Bertz CT molecular complexity index is 572. The van der Waals surface area contributed by atoms with Gasteiger partial charge in [0.1, 0.15) is 6.04 Å². The molecule has 0 aromatic rings. The normalized spacial score (nSPS) is 17.9. The largest absolute Gasteiger partial charge is 0.357 e. The molecule has 4 heteroatoms. The summed E-state index contributed by atoms with van der Waals surface area (Å²) in [7, 11) is 1.57. The number of allylic oxidation sites excluding steroid dienone is 6. The van der Waals surface area contributed by atoms with Gasteiger partial charge in [0, 0.05) is 12.6 Å². The minimum atomic E-state index is -0.570. The topological polar surface area (TPSA) is 58.2 Å². The minimum Gasteiger partial charge on any atom is -0.357 e. The Balaban J connectivity index is 2.13. The van der Waals surface area contributed by atoms with Crippen molar-refractivity contribution in [3.63, 3.8) is 0 Å². The van der Waals surface area contributed by atoms with Crippen LogP contribution in [0.3, 0.4) is 0 Å². The zero-order chi connectivity index (χ0) is 14.9. The highest BCUT2D eigenvalue weighted by Gasteiger charge is 2.33. The summed E-state index contributed by atoms with van der Waals surface area (Å²) in [6.45, 7) is 5.78. The Hall–Kier alpha value is -2.10. The Labute approximate surface area is 119 Å². The number of rotatable bonds is 3. The van der Waals surface area contributed by atoms with Crippen molar-refractivity contribution < 1.29 is 9.59 Å². The van der Waals surface area contributed by atoms with Gasteiger partial charge in [0.25, 0.3) is 5.91 Å². The molecule has 2 aliphatic carbocycles. The summed E-state index contributed by atoms with van der Waals surface area (Å²) < 4.78 is 0. The molecule has 0 aliphatic heterocycles. The van der Waals surface area contributed by atoms with Crippen LogP contribution in [-0.2, 0) is 9.59 Å². The van der Waals surface area contributed by atoms with Crippen molar-refractivity contribution in [2.75, 3.05) is 7.05 Å². The minimum absolute atomic E-state index is 0.184. The molecule has 2 aliphatic rings. The first-order valence-corrected chi connectivity index (χ1v) is 6.68. The van der Waals surface area contributed by atoms with Gasteiger partial charge in [-0.25, -0.2) is 0 Å². The second-order valence-electron chi connectivity index (χ2n) is 6.03. The Morgan fingerprint density at radius 1 is 1.15 bits per heavy atom. The van der Waals surface area contributed by atoms with Gasteiger partial charge in [0.15, 0.2) is 0 Å². The Kier molecular flexibility index (Phi) is 3.66. The highest BCUT2D eigenvalue weighted by Crippen LogP contribution is 2.31. The number of hydrogen-bond donors (Lipinski definition) is 2. The third-order valence-electron chi connectivity index (χ3n) is 3.46. The van der Waals surface area contributed by atoms with Crippen molar-refractivity contribution in [2.24, 2.45) is 5.41 Å². The van der Waals surface area contributed by atoms with E-state index in [1.807, 2.05) is 45.1 Å². The van der Waals surface area contributed by atoms with Crippen LogP contribution in [-0.4, -0.2) is 24.9 Å². The quantitative estimate of drug-likeness (QED) is 0.820. The fraction of sp³-hybridized carbons (Fsp3) is 0.375. The van der Waals surface area contributed by atoms with Crippen LogP contribution < -0.4 is 10.6 Å². The molecule has 0 fully saturated rings. The highest BCUT2D eigenvalue weighted by molar-refractivity contribution is 6.03. The van der Waals surface area contributed by atoms with Crippen molar-refractivity contribution in [3.05, 3.63) is 47.1 Å². The molecule has 0 saturated carbocycles. The van der Waals surface area contributed by atoms with Crippen LogP contribution in [0.2, 0.25) is 0 Å². The molecule has 0 bridgehead atoms. The second-order valence-corrected chi connectivity index (χ2v) is 6.03. The second kappa shape index (κ2) is 5.12. The van der Waals surface area contributed by atoms with E-state index in [2.05, 4.69) is 10.6 Å². The zero-order valence-corrected chi connectivity index (χ0v) is 12.3. The molecule has 2 amide bonds. The average Bonchev–Trinajstić information content (AvgIpc) is 2.95. The lowest BCUT2D eigenvalue weighted by molar-refractivity contribution is -0.129. The van der Waals surface area contributed by atoms with Crippen LogP contribution in [0.4, 0.5) is 0 Å². The van der Waals surface area contributed by atoms with Crippen LogP contribution >= 0.6 is 0 Å². The van der Waals surface area contributed by atoms with E-state index < -0.39 is 6.04 Å². The van der Waals surface area contributed by atoms with E-state index in [0.29, 0.717) is 5.57 Å². The van der Waals surface area contributed by atoms with E-state index in [1.165, 1.54) is 0 Å². The third-order valence-corrected chi connectivity index (χ3v) is 3.46. The van der Waals surface area contributed by atoms with Gasteiger partial charge in [-0.05, 0) is 22.6 Å². The van der Waals surface area contributed by atoms with Gasteiger partial charge in [-0.15, -0.1) is 0 Å². The lowest BCUT2D eigenvalue weighted by Gasteiger charge is -2.30. The van der Waals surface area contributed by atoms with E-state index in [-0.39, 0.29) is 17.2 Å². The number of carbonyl (C=O) groups excluding carboxylic acids is 2. The Morgan fingerprint density at radius 3 is 2.45 bits per heavy atom. The first-order chi connectivity index (χ1) is 9.34. The van der Waals surface area contributed by atoms with Crippen LogP contribution in [0.15, 0.2) is 47.1 Å². The molecule has 1 atom stereocenters. The number of likely N-dealkylation sites (N-methyl/N-ethyl adjacent to an activating group) is 1. The van der Waals surface area contributed by atoms with Crippen molar-refractivity contribution in [1.29, 1.82) is 0 Å². The summed E-state index contributed by atoms with van der Waals surface area (Å²) >= 11 is 0. The Morgan fingerprint density at radius 2 is 1.85 bits per heavy atom. The van der Waals surface area contributed by atoms with Crippen LogP contribution in [0.5, 0.6) is 0 Å². The molecule has 0 aromatic carbocycles. The highest BCUT2D eigenvalue weighted by atomic mass is 16.2. The maximum absolute atomic E-state index is 12.4. The average molecular weight is 272 g/mol. The lowest BCUT2D eigenvalue weighted by atomic mass is 9.85. The lowest BCUT2D eigenvalue weighted by Crippen LogP contribution is -2.53. The maximum Gasteiger partial charge on any atom is 0.252 e. The van der Waals surface area contributed by atoms with Gasteiger partial charge >= 0.3 is 0 Å². The summed E-state index contributed by atoms with van der Waals surface area (Å²) in [5, 5.41) is 5.44.